The predicted molar refractivity (Wildman–Crippen MR) is 250 cm³/mol. The fraction of sp³-hybridized carbons (Fsp3) is 0.608. The molecule has 0 unspecified atom stereocenters. The molecule has 2 saturated heterocycles. The number of amides is 2. The Kier molecular flexibility index (Phi) is 20.7. The lowest BCUT2D eigenvalue weighted by atomic mass is 9.91. The van der Waals surface area contributed by atoms with E-state index >= 15 is 0 Å². The van der Waals surface area contributed by atoms with Gasteiger partial charge in [0.25, 0.3) is 5.91 Å². The summed E-state index contributed by atoms with van der Waals surface area (Å²) >= 11 is 0. The van der Waals surface area contributed by atoms with Crippen molar-refractivity contribution in [3.8, 4) is 0 Å². The molecule has 1 aliphatic carbocycles. The van der Waals surface area contributed by atoms with Gasteiger partial charge in [0, 0.05) is 43.4 Å². The fourth-order valence-electron chi connectivity index (χ4n) is 8.40. The van der Waals surface area contributed by atoms with Crippen molar-refractivity contribution in [2.45, 2.75) is 178 Å². The van der Waals surface area contributed by atoms with E-state index in [4.69, 9.17) is 28.4 Å². The number of carbonyl (C=O) groups is 4. The zero-order valence-corrected chi connectivity index (χ0v) is 40.0. The van der Waals surface area contributed by atoms with Crippen LogP contribution < -0.4 is 10.6 Å². The van der Waals surface area contributed by atoms with Crippen LogP contribution >= 0.6 is 0 Å². The highest BCUT2D eigenvalue weighted by Gasteiger charge is 2.52. The van der Waals surface area contributed by atoms with Gasteiger partial charge in [-0.15, -0.1) is 0 Å². The molecule has 0 spiro atoms. The van der Waals surface area contributed by atoms with Crippen molar-refractivity contribution >= 4 is 29.8 Å². The van der Waals surface area contributed by atoms with Crippen LogP contribution in [0.5, 0.6) is 0 Å². The number of esters is 2. The maximum Gasteiger partial charge on any atom is 0.338 e. The van der Waals surface area contributed by atoms with Crippen molar-refractivity contribution in [3.05, 3.63) is 88.5 Å². The van der Waals surface area contributed by atoms with Gasteiger partial charge in [0.1, 0.15) is 48.3 Å². The highest BCUT2D eigenvalue weighted by atomic mass is 16.8. The van der Waals surface area contributed by atoms with Crippen LogP contribution in [0.2, 0.25) is 0 Å². The third-order valence-electron chi connectivity index (χ3n) is 12.0. The molecule has 9 atom stereocenters. The standard InChI is InChI=1S/C51H72N2O15/c1-6-8-10-22-51(23-11-9-7-2)66-39-28-36(46(60)52-29-33-16-13-18-34(26-33)47(61)53-37(30-54)20-21-41(56)67-50(3,4)5)27-38(45(39)68-51)64-48(62)35-19-12-15-32(25-35)17-14-24-63-49-44(59)43(58)42(57)40(31-55)65-49/h12-19,25-26,28,37-40,42-45,49,54-55,57-59H,6-11,20-24,27,29-31H2,1-5H3,(H,52,60)(H,53,61)/t37-,38+,39+,40+,42-,43-,44+,45-,49-/m0/s1. The van der Waals surface area contributed by atoms with E-state index in [1.165, 1.54) is 0 Å². The molecule has 0 saturated carbocycles. The van der Waals surface area contributed by atoms with E-state index in [2.05, 4.69) is 24.5 Å². The van der Waals surface area contributed by atoms with E-state index in [0.717, 1.165) is 38.5 Å². The Bertz CT molecular complexity index is 2020. The van der Waals surface area contributed by atoms with E-state index < -0.39 is 96.8 Å². The molecular weight excluding hydrogens is 881 g/mol. The van der Waals surface area contributed by atoms with Crippen molar-refractivity contribution in [3.63, 3.8) is 0 Å². The molecule has 7 N–H and O–H groups in total. The lowest BCUT2D eigenvalue weighted by Crippen LogP contribution is -2.59. The number of fused-ring (bicyclic) bond motifs is 1. The summed E-state index contributed by atoms with van der Waals surface area (Å²) in [6, 6.07) is 12.7. The van der Waals surface area contributed by atoms with Gasteiger partial charge in [-0.1, -0.05) is 75.9 Å². The Morgan fingerprint density at radius 3 is 2.26 bits per heavy atom. The summed E-state index contributed by atoms with van der Waals surface area (Å²) in [4.78, 5) is 53.4. The SMILES string of the molecule is CCCCCC1(CCCCC)O[C@@H]2[C@@H](C=C(C(=O)NCc3cccc(C(=O)N[C@H](CO)CCC(=O)OC(C)(C)C)c3)C[C@H]2OC(=O)c2cccc(C=CCO[C@H]3O[C@H](CO)[C@H](O)[C@H](O)[C@H]3O)c2)O1. The Hall–Kier alpha value is -4.56. The Labute approximate surface area is 399 Å². The summed E-state index contributed by atoms with van der Waals surface area (Å²) in [5.74, 6) is -2.84. The minimum atomic E-state index is -1.57. The third kappa shape index (κ3) is 15.7. The number of hydrogen-bond acceptors (Lipinski definition) is 15. The molecule has 5 rings (SSSR count). The summed E-state index contributed by atoms with van der Waals surface area (Å²) in [7, 11) is 0. The highest BCUT2D eigenvalue weighted by molar-refractivity contribution is 5.95. The number of aliphatic hydroxyl groups excluding tert-OH is 5. The van der Waals surface area contributed by atoms with Crippen molar-refractivity contribution in [2.75, 3.05) is 19.8 Å². The summed E-state index contributed by atoms with van der Waals surface area (Å²) in [6.45, 7) is 8.59. The third-order valence-corrected chi connectivity index (χ3v) is 12.0. The second kappa shape index (κ2) is 25.9. The second-order valence-corrected chi connectivity index (χ2v) is 18.7. The molecule has 68 heavy (non-hydrogen) atoms. The van der Waals surface area contributed by atoms with Crippen molar-refractivity contribution in [1.29, 1.82) is 0 Å². The molecule has 0 aromatic heterocycles. The fourth-order valence-corrected chi connectivity index (χ4v) is 8.40. The molecule has 2 heterocycles. The van der Waals surface area contributed by atoms with Crippen LogP contribution in [0.4, 0.5) is 0 Å². The topological polar surface area (TPSA) is 249 Å². The van der Waals surface area contributed by atoms with Crippen LogP contribution in [0.25, 0.3) is 6.08 Å². The van der Waals surface area contributed by atoms with Gasteiger partial charge < -0.3 is 64.6 Å². The summed E-state index contributed by atoms with van der Waals surface area (Å²) < 4.78 is 36.1. The molecule has 2 aliphatic heterocycles. The molecular formula is C51H72N2O15. The van der Waals surface area contributed by atoms with Crippen LogP contribution in [0, 0.1) is 0 Å². The van der Waals surface area contributed by atoms with Gasteiger partial charge >= 0.3 is 11.9 Å². The van der Waals surface area contributed by atoms with E-state index in [1.807, 2.05) is 0 Å². The second-order valence-electron chi connectivity index (χ2n) is 18.7. The zero-order valence-electron chi connectivity index (χ0n) is 40.0. The maximum atomic E-state index is 14.0. The van der Waals surface area contributed by atoms with Crippen LogP contribution in [0.15, 0.2) is 66.3 Å². The van der Waals surface area contributed by atoms with Gasteiger partial charge in [0.2, 0.25) is 5.91 Å². The van der Waals surface area contributed by atoms with E-state index in [9.17, 15) is 44.7 Å². The van der Waals surface area contributed by atoms with Gasteiger partial charge in [-0.2, -0.15) is 0 Å². The average Bonchev–Trinajstić information content (AvgIpc) is 3.69. The number of nitrogens with one attached hydrogen (secondary N) is 2. The predicted octanol–water partition coefficient (Wildman–Crippen LogP) is 4.54. The molecule has 0 radical (unpaired) electrons. The Balaban J connectivity index is 1.26. The Morgan fingerprint density at radius 2 is 1.59 bits per heavy atom. The first-order chi connectivity index (χ1) is 32.5. The molecule has 17 heteroatoms. The van der Waals surface area contributed by atoms with Gasteiger partial charge in [0.05, 0.1) is 31.4 Å². The lowest BCUT2D eigenvalue weighted by molar-refractivity contribution is -0.298. The van der Waals surface area contributed by atoms with Crippen molar-refractivity contribution in [1.82, 2.24) is 10.6 Å². The first-order valence-electron chi connectivity index (χ1n) is 23.9. The highest BCUT2D eigenvalue weighted by Crippen LogP contribution is 2.43. The van der Waals surface area contributed by atoms with Crippen molar-refractivity contribution < 1.29 is 73.1 Å². The van der Waals surface area contributed by atoms with E-state index in [-0.39, 0.29) is 44.6 Å². The number of carbonyl (C=O) groups excluding carboxylic acids is 4. The van der Waals surface area contributed by atoms with Gasteiger partial charge in [-0.25, -0.2) is 4.79 Å². The normalized spacial score (nSPS) is 25.0. The first kappa shape index (κ1) is 54.4. The zero-order chi connectivity index (χ0) is 49.4. The van der Waals surface area contributed by atoms with E-state index in [1.54, 1.807) is 87.5 Å². The minimum Gasteiger partial charge on any atom is -0.460 e. The molecule has 0 bridgehead atoms. The molecule has 17 nitrogen and oxygen atoms in total. The van der Waals surface area contributed by atoms with Crippen LogP contribution in [0.1, 0.15) is 137 Å². The molecule has 376 valence electrons. The average molecular weight is 953 g/mol. The van der Waals surface area contributed by atoms with E-state index in [0.29, 0.717) is 35.1 Å². The number of benzene rings is 2. The first-order valence-corrected chi connectivity index (χ1v) is 23.9. The number of ether oxygens (including phenoxy) is 6. The quantitative estimate of drug-likeness (QED) is 0.0564. The summed E-state index contributed by atoms with van der Waals surface area (Å²) in [6.07, 6.45) is 3.11. The molecule has 2 aromatic rings. The molecule has 2 amide bonds. The summed E-state index contributed by atoms with van der Waals surface area (Å²) in [5, 5.41) is 55.5. The number of aliphatic hydroxyl groups is 5. The van der Waals surface area contributed by atoms with Crippen LogP contribution in [0.3, 0.4) is 0 Å². The van der Waals surface area contributed by atoms with Gasteiger partial charge in [-0.05, 0) is 81.5 Å². The lowest BCUT2D eigenvalue weighted by Gasteiger charge is -2.39. The van der Waals surface area contributed by atoms with Gasteiger partial charge in [0.15, 0.2) is 12.1 Å². The van der Waals surface area contributed by atoms with Crippen LogP contribution in [-0.2, 0) is 44.6 Å². The number of rotatable bonds is 24. The number of hydrogen-bond donors (Lipinski definition) is 7. The van der Waals surface area contributed by atoms with Crippen LogP contribution in [-0.4, -0.2) is 136 Å². The molecule has 2 aromatic carbocycles. The molecule has 2 fully saturated rings. The largest absolute Gasteiger partial charge is 0.460 e. The number of unbranched alkanes of at least 4 members (excludes halogenated alkanes) is 4. The monoisotopic (exact) mass is 952 g/mol. The molecule has 3 aliphatic rings. The smallest absolute Gasteiger partial charge is 0.338 e. The maximum absolute atomic E-state index is 14.0. The van der Waals surface area contributed by atoms with Gasteiger partial charge in [-0.3, -0.25) is 14.4 Å². The van der Waals surface area contributed by atoms with Crippen molar-refractivity contribution in [2.24, 2.45) is 0 Å². The Morgan fingerprint density at radius 1 is 0.882 bits per heavy atom. The minimum absolute atomic E-state index is 0.0186. The summed E-state index contributed by atoms with van der Waals surface area (Å²) in [5.41, 5.74) is 1.51.